The normalized spacial score (nSPS) is 18.2. The van der Waals surface area contributed by atoms with E-state index in [4.69, 9.17) is 9.47 Å². The molecule has 162 valence electrons. The molecule has 31 heavy (non-hydrogen) atoms. The maximum Gasteiger partial charge on any atom is 0.233 e. The van der Waals surface area contributed by atoms with Gasteiger partial charge in [0, 0.05) is 20.0 Å². The van der Waals surface area contributed by atoms with Crippen molar-refractivity contribution in [1.82, 2.24) is 19.7 Å². The quantitative estimate of drug-likeness (QED) is 0.537. The van der Waals surface area contributed by atoms with Crippen LogP contribution in [0.2, 0.25) is 0 Å². The van der Waals surface area contributed by atoms with Gasteiger partial charge in [0.1, 0.15) is 0 Å². The molecule has 0 radical (unpaired) electrons. The summed E-state index contributed by atoms with van der Waals surface area (Å²) in [5, 5.41) is 11.4. The minimum Gasteiger partial charge on any atom is -0.490 e. The minimum atomic E-state index is 0.0754. The number of aromatic nitrogens is 3. The Morgan fingerprint density at radius 1 is 1.19 bits per heavy atom. The first kappa shape index (κ1) is 20.4. The molecular weight excluding hydrogens is 432 g/mol. The summed E-state index contributed by atoms with van der Waals surface area (Å²) >= 11 is 3.07. The third-order valence-electron chi connectivity index (χ3n) is 5.63. The molecule has 1 amide bonds. The summed E-state index contributed by atoms with van der Waals surface area (Å²) in [6.07, 6.45) is 2.84. The van der Waals surface area contributed by atoms with E-state index in [9.17, 15) is 4.79 Å². The number of benzene rings is 1. The lowest BCUT2D eigenvalue weighted by Gasteiger charge is -2.25. The molecule has 2 aliphatic rings. The molecule has 0 N–H and O–H groups in total. The van der Waals surface area contributed by atoms with E-state index in [1.54, 1.807) is 11.3 Å². The summed E-state index contributed by atoms with van der Waals surface area (Å²) in [5.41, 5.74) is 1.11. The Kier molecular flexibility index (Phi) is 5.87. The van der Waals surface area contributed by atoms with E-state index in [2.05, 4.69) is 16.3 Å². The Balaban J connectivity index is 1.27. The maximum atomic E-state index is 13.1. The summed E-state index contributed by atoms with van der Waals surface area (Å²) in [6.45, 7) is 2.11. The van der Waals surface area contributed by atoms with Crippen LogP contribution in [0.25, 0.3) is 10.7 Å². The first-order chi connectivity index (χ1) is 15.2. The van der Waals surface area contributed by atoms with Gasteiger partial charge in [0.05, 0.1) is 29.9 Å². The number of carbonyl (C=O) groups excluding carboxylic acids is 1. The fourth-order valence-electron chi connectivity index (χ4n) is 4.07. The number of likely N-dealkylation sites (tertiary alicyclic amines) is 1. The second kappa shape index (κ2) is 8.92. The molecule has 4 heterocycles. The number of amides is 1. The smallest absolute Gasteiger partial charge is 0.233 e. The first-order valence-electron chi connectivity index (χ1n) is 10.5. The van der Waals surface area contributed by atoms with Crippen LogP contribution in [0.15, 0.2) is 40.9 Å². The lowest BCUT2D eigenvalue weighted by Crippen LogP contribution is -2.32. The first-order valence-corrected chi connectivity index (χ1v) is 12.3. The largest absolute Gasteiger partial charge is 0.490 e. The maximum absolute atomic E-state index is 13.1. The Morgan fingerprint density at radius 2 is 2.06 bits per heavy atom. The van der Waals surface area contributed by atoms with Gasteiger partial charge in [0.25, 0.3) is 0 Å². The van der Waals surface area contributed by atoms with Crippen molar-refractivity contribution in [1.29, 1.82) is 0 Å². The highest BCUT2D eigenvalue weighted by Crippen LogP contribution is 2.38. The van der Waals surface area contributed by atoms with Crippen LogP contribution in [0.4, 0.5) is 0 Å². The molecule has 5 rings (SSSR count). The number of ether oxygens (including phenoxy) is 2. The average Bonchev–Trinajstić information content (AvgIpc) is 3.51. The third kappa shape index (κ3) is 4.16. The number of nitrogens with zero attached hydrogens (tertiary/aromatic N) is 4. The zero-order valence-corrected chi connectivity index (χ0v) is 19.0. The minimum absolute atomic E-state index is 0.0754. The number of fused-ring (bicyclic) bond motifs is 1. The highest BCUT2D eigenvalue weighted by Gasteiger charge is 2.31. The molecule has 3 aromatic rings. The second-order valence-electron chi connectivity index (χ2n) is 7.63. The molecular formula is C22H24N4O3S2. The molecule has 1 saturated heterocycles. The van der Waals surface area contributed by atoms with Gasteiger partial charge in [-0.05, 0) is 42.0 Å². The van der Waals surface area contributed by atoms with Crippen LogP contribution in [-0.4, -0.2) is 51.1 Å². The number of thioether (sulfide) groups is 1. The van der Waals surface area contributed by atoms with Gasteiger partial charge >= 0.3 is 0 Å². The number of rotatable bonds is 5. The Hall–Kier alpha value is -2.52. The van der Waals surface area contributed by atoms with Gasteiger partial charge in [-0.1, -0.05) is 23.9 Å². The molecule has 0 spiro atoms. The summed E-state index contributed by atoms with van der Waals surface area (Å²) in [7, 11) is 1.94. The van der Waals surface area contributed by atoms with Gasteiger partial charge in [-0.25, -0.2) is 0 Å². The molecule has 1 unspecified atom stereocenters. The Labute approximate surface area is 189 Å². The SMILES string of the molecule is Cn1c(SCC(=O)N2CCCC2c2ccc3c(c2)OCCCO3)nnc1-c1cccs1. The predicted octanol–water partition coefficient (Wildman–Crippen LogP) is 4.16. The van der Waals surface area contributed by atoms with Crippen LogP contribution in [-0.2, 0) is 11.8 Å². The summed E-state index contributed by atoms with van der Waals surface area (Å²) in [4.78, 5) is 16.1. The fraction of sp³-hybridized carbons (Fsp3) is 0.409. The van der Waals surface area contributed by atoms with Crippen molar-refractivity contribution in [3.8, 4) is 22.2 Å². The van der Waals surface area contributed by atoms with Crippen molar-refractivity contribution >= 4 is 29.0 Å². The lowest BCUT2D eigenvalue weighted by atomic mass is 10.0. The zero-order chi connectivity index (χ0) is 21.2. The molecule has 0 saturated carbocycles. The fourth-order valence-corrected chi connectivity index (χ4v) is 5.61. The summed E-state index contributed by atoms with van der Waals surface area (Å²) < 4.78 is 13.5. The van der Waals surface area contributed by atoms with Gasteiger partial charge < -0.3 is 18.9 Å². The molecule has 2 aliphatic heterocycles. The average molecular weight is 457 g/mol. The molecule has 1 fully saturated rings. The van der Waals surface area contributed by atoms with Crippen molar-refractivity contribution < 1.29 is 14.3 Å². The molecule has 7 nitrogen and oxygen atoms in total. The Morgan fingerprint density at radius 3 is 2.90 bits per heavy atom. The number of hydrogen-bond acceptors (Lipinski definition) is 7. The van der Waals surface area contributed by atoms with E-state index in [0.29, 0.717) is 19.0 Å². The predicted molar refractivity (Wildman–Crippen MR) is 121 cm³/mol. The van der Waals surface area contributed by atoms with Crippen LogP contribution in [0.1, 0.15) is 30.9 Å². The molecule has 2 aromatic heterocycles. The second-order valence-corrected chi connectivity index (χ2v) is 9.52. The lowest BCUT2D eigenvalue weighted by molar-refractivity contribution is -0.129. The number of hydrogen-bond donors (Lipinski definition) is 0. The molecule has 9 heteroatoms. The zero-order valence-electron chi connectivity index (χ0n) is 17.3. The van der Waals surface area contributed by atoms with Gasteiger partial charge in [0.2, 0.25) is 5.91 Å². The van der Waals surface area contributed by atoms with Crippen molar-refractivity contribution in [2.24, 2.45) is 7.05 Å². The monoisotopic (exact) mass is 456 g/mol. The van der Waals surface area contributed by atoms with E-state index in [0.717, 1.165) is 58.7 Å². The summed E-state index contributed by atoms with van der Waals surface area (Å²) in [6, 6.07) is 10.2. The van der Waals surface area contributed by atoms with E-state index < -0.39 is 0 Å². The van der Waals surface area contributed by atoms with E-state index >= 15 is 0 Å². The van der Waals surface area contributed by atoms with Gasteiger partial charge in [-0.15, -0.1) is 21.5 Å². The van der Waals surface area contributed by atoms with Crippen molar-refractivity contribution in [2.45, 2.75) is 30.5 Å². The standard InChI is InChI=1S/C22H24N4O3S2/c1-25-21(19-6-3-12-30-19)23-24-22(25)31-14-20(27)26-9-2-5-16(26)15-7-8-17-18(13-15)29-11-4-10-28-17/h3,6-8,12-13,16H,2,4-5,9-11,14H2,1H3. The highest BCUT2D eigenvalue weighted by molar-refractivity contribution is 7.99. The molecule has 1 atom stereocenters. The van der Waals surface area contributed by atoms with Gasteiger partial charge in [-0.2, -0.15) is 0 Å². The van der Waals surface area contributed by atoms with Crippen molar-refractivity contribution in [2.75, 3.05) is 25.5 Å². The highest BCUT2D eigenvalue weighted by atomic mass is 32.2. The summed E-state index contributed by atoms with van der Waals surface area (Å²) in [5.74, 6) is 2.87. The third-order valence-corrected chi connectivity index (χ3v) is 7.50. The Bertz CT molecular complexity index is 1070. The van der Waals surface area contributed by atoms with E-state index in [1.807, 2.05) is 46.2 Å². The van der Waals surface area contributed by atoms with Crippen LogP contribution < -0.4 is 9.47 Å². The van der Waals surface area contributed by atoms with Crippen LogP contribution in [0.5, 0.6) is 11.5 Å². The number of thiophene rings is 1. The van der Waals surface area contributed by atoms with Gasteiger partial charge in [-0.3, -0.25) is 4.79 Å². The van der Waals surface area contributed by atoms with Crippen LogP contribution >= 0.6 is 23.1 Å². The van der Waals surface area contributed by atoms with Crippen molar-refractivity contribution in [3.05, 3.63) is 41.3 Å². The molecule has 0 bridgehead atoms. The number of carbonyl (C=O) groups is 1. The van der Waals surface area contributed by atoms with Crippen LogP contribution in [0, 0.1) is 0 Å². The van der Waals surface area contributed by atoms with E-state index in [-0.39, 0.29) is 11.9 Å². The molecule has 0 aliphatic carbocycles. The van der Waals surface area contributed by atoms with Gasteiger partial charge in [0.15, 0.2) is 22.5 Å². The molecule has 1 aromatic carbocycles. The topological polar surface area (TPSA) is 69.5 Å². The van der Waals surface area contributed by atoms with Crippen molar-refractivity contribution in [3.63, 3.8) is 0 Å². The van der Waals surface area contributed by atoms with E-state index in [1.165, 1.54) is 11.8 Å². The van der Waals surface area contributed by atoms with Crippen LogP contribution in [0.3, 0.4) is 0 Å².